The van der Waals surface area contributed by atoms with E-state index in [-0.39, 0.29) is 6.09 Å². The Bertz CT molecular complexity index is 505. The Morgan fingerprint density at radius 3 is 2.60 bits per heavy atom. The summed E-state index contributed by atoms with van der Waals surface area (Å²) < 4.78 is 6.59. The Kier molecular flexibility index (Phi) is 4.46. The van der Waals surface area contributed by atoms with Crippen molar-refractivity contribution in [2.45, 2.75) is 39.3 Å². The monoisotopic (exact) mass is 388 g/mol. The maximum absolute atomic E-state index is 11.8. The molecule has 0 saturated carbocycles. The maximum atomic E-state index is 11.8. The zero-order chi connectivity index (χ0) is 14.9. The van der Waals surface area contributed by atoms with Crippen LogP contribution in [0.3, 0.4) is 0 Å². The molecule has 0 spiro atoms. The average molecular weight is 388 g/mol. The van der Waals surface area contributed by atoms with Crippen LogP contribution in [-0.4, -0.2) is 35.7 Å². The maximum Gasteiger partial charge on any atom is 0.410 e. The Morgan fingerprint density at radius 1 is 1.40 bits per heavy atom. The topological polar surface area (TPSA) is 41.6 Å². The standard InChI is InChI=1S/C15H21IN2O2/c1-10-7-11(5-6-13(10)16)17-12-8-18(9-12)14(19)20-15(2,3)4/h5-7,12,17H,8-9H2,1-4H3. The van der Waals surface area contributed by atoms with Crippen LogP contribution in [-0.2, 0) is 4.74 Å². The quantitative estimate of drug-likeness (QED) is 0.787. The summed E-state index contributed by atoms with van der Waals surface area (Å²) >= 11 is 2.32. The largest absolute Gasteiger partial charge is 0.444 e. The van der Waals surface area contributed by atoms with Crippen molar-refractivity contribution in [3.05, 3.63) is 27.3 Å². The third-order valence-corrected chi connectivity index (χ3v) is 4.27. The van der Waals surface area contributed by atoms with Crippen molar-refractivity contribution in [3.8, 4) is 0 Å². The molecule has 1 aromatic carbocycles. The molecular weight excluding hydrogens is 367 g/mol. The normalized spacial score (nSPS) is 15.8. The second kappa shape index (κ2) is 5.79. The molecule has 1 aliphatic heterocycles. The van der Waals surface area contributed by atoms with E-state index in [1.807, 2.05) is 20.8 Å². The van der Waals surface area contributed by atoms with Gasteiger partial charge in [-0.25, -0.2) is 4.79 Å². The van der Waals surface area contributed by atoms with E-state index < -0.39 is 5.60 Å². The number of benzene rings is 1. The highest BCUT2D eigenvalue weighted by atomic mass is 127. The van der Waals surface area contributed by atoms with E-state index in [2.05, 4.69) is 53.0 Å². The Labute approximate surface area is 134 Å². The van der Waals surface area contributed by atoms with Gasteiger partial charge in [0.25, 0.3) is 0 Å². The first-order valence-electron chi connectivity index (χ1n) is 6.75. The number of nitrogens with zero attached hydrogens (tertiary/aromatic N) is 1. The summed E-state index contributed by atoms with van der Waals surface area (Å²) in [6.07, 6.45) is -0.227. The fourth-order valence-electron chi connectivity index (χ4n) is 2.02. The number of nitrogens with one attached hydrogen (secondary N) is 1. The second-order valence-corrected chi connectivity index (χ2v) is 7.35. The number of amides is 1. The SMILES string of the molecule is Cc1cc(NC2CN(C(=O)OC(C)(C)C)C2)ccc1I. The van der Waals surface area contributed by atoms with Crippen LogP contribution in [0, 0.1) is 10.5 Å². The van der Waals surface area contributed by atoms with E-state index in [1.165, 1.54) is 9.13 Å². The van der Waals surface area contributed by atoms with E-state index in [4.69, 9.17) is 4.74 Å². The molecule has 0 unspecified atom stereocenters. The van der Waals surface area contributed by atoms with Gasteiger partial charge in [-0.05, 0) is 74.0 Å². The molecule has 4 nitrogen and oxygen atoms in total. The molecule has 1 N–H and O–H groups in total. The summed E-state index contributed by atoms with van der Waals surface area (Å²) in [6, 6.07) is 6.62. The van der Waals surface area contributed by atoms with Crippen LogP contribution in [0.2, 0.25) is 0 Å². The summed E-state index contributed by atoms with van der Waals surface area (Å²) in [5, 5.41) is 3.44. The molecule has 1 fully saturated rings. The fraction of sp³-hybridized carbons (Fsp3) is 0.533. The minimum absolute atomic E-state index is 0.227. The van der Waals surface area contributed by atoms with Gasteiger partial charge >= 0.3 is 6.09 Å². The van der Waals surface area contributed by atoms with Crippen LogP contribution < -0.4 is 5.32 Å². The lowest BCUT2D eigenvalue weighted by Gasteiger charge is -2.40. The smallest absolute Gasteiger partial charge is 0.410 e. The number of aryl methyl sites for hydroxylation is 1. The van der Waals surface area contributed by atoms with Crippen LogP contribution in [0.4, 0.5) is 10.5 Å². The molecule has 1 aromatic rings. The molecule has 1 aliphatic rings. The number of rotatable bonds is 2. The zero-order valence-electron chi connectivity index (χ0n) is 12.4. The van der Waals surface area contributed by atoms with Crippen molar-refractivity contribution in [2.24, 2.45) is 0 Å². The van der Waals surface area contributed by atoms with Gasteiger partial charge in [-0.15, -0.1) is 0 Å². The molecule has 5 heteroatoms. The molecule has 1 saturated heterocycles. The highest BCUT2D eigenvalue weighted by molar-refractivity contribution is 14.1. The number of likely N-dealkylation sites (tertiary alicyclic amines) is 1. The second-order valence-electron chi connectivity index (χ2n) is 6.19. The van der Waals surface area contributed by atoms with Gasteiger partial charge in [0, 0.05) is 22.3 Å². The lowest BCUT2D eigenvalue weighted by molar-refractivity contribution is 0.0105. The van der Waals surface area contributed by atoms with E-state index in [0.29, 0.717) is 19.1 Å². The molecule has 0 aromatic heterocycles. The highest BCUT2D eigenvalue weighted by Gasteiger charge is 2.33. The Hall–Kier alpha value is -0.980. The van der Waals surface area contributed by atoms with Crippen LogP contribution in [0.15, 0.2) is 18.2 Å². The number of carbonyl (C=O) groups excluding carboxylic acids is 1. The fourth-order valence-corrected chi connectivity index (χ4v) is 2.35. The first-order chi connectivity index (χ1) is 9.24. The van der Waals surface area contributed by atoms with Gasteiger partial charge in [-0.2, -0.15) is 0 Å². The molecule has 110 valence electrons. The lowest BCUT2D eigenvalue weighted by atomic mass is 10.1. The van der Waals surface area contributed by atoms with Crippen LogP contribution in [0.1, 0.15) is 26.3 Å². The van der Waals surface area contributed by atoms with E-state index in [0.717, 1.165) is 5.69 Å². The predicted molar refractivity (Wildman–Crippen MR) is 89.1 cm³/mol. The Morgan fingerprint density at radius 2 is 2.05 bits per heavy atom. The van der Waals surface area contributed by atoms with Crippen molar-refractivity contribution < 1.29 is 9.53 Å². The van der Waals surface area contributed by atoms with Gasteiger partial charge in [0.2, 0.25) is 0 Å². The zero-order valence-corrected chi connectivity index (χ0v) is 14.5. The summed E-state index contributed by atoms with van der Waals surface area (Å²) in [5.74, 6) is 0. The van der Waals surface area contributed by atoms with Crippen molar-refractivity contribution >= 4 is 34.4 Å². The molecule has 1 amide bonds. The van der Waals surface area contributed by atoms with Crippen molar-refractivity contribution in [3.63, 3.8) is 0 Å². The van der Waals surface area contributed by atoms with Crippen molar-refractivity contribution in [1.29, 1.82) is 0 Å². The first-order valence-corrected chi connectivity index (χ1v) is 7.83. The molecule has 2 rings (SSSR count). The van der Waals surface area contributed by atoms with Crippen LogP contribution >= 0.6 is 22.6 Å². The molecule has 0 bridgehead atoms. The number of hydrogen-bond acceptors (Lipinski definition) is 3. The van der Waals surface area contributed by atoms with Gasteiger partial charge in [0.15, 0.2) is 0 Å². The third-order valence-electron chi connectivity index (χ3n) is 3.06. The van der Waals surface area contributed by atoms with Crippen LogP contribution in [0.25, 0.3) is 0 Å². The number of carbonyl (C=O) groups is 1. The van der Waals surface area contributed by atoms with Gasteiger partial charge in [-0.1, -0.05) is 0 Å². The average Bonchev–Trinajstić information content (AvgIpc) is 2.25. The van der Waals surface area contributed by atoms with E-state index >= 15 is 0 Å². The van der Waals surface area contributed by atoms with E-state index in [9.17, 15) is 4.79 Å². The van der Waals surface area contributed by atoms with Gasteiger partial charge in [-0.3, -0.25) is 0 Å². The minimum atomic E-state index is -0.428. The lowest BCUT2D eigenvalue weighted by Crippen LogP contribution is -2.57. The van der Waals surface area contributed by atoms with Crippen molar-refractivity contribution in [1.82, 2.24) is 4.90 Å². The summed E-state index contributed by atoms with van der Waals surface area (Å²) in [4.78, 5) is 13.5. The highest BCUT2D eigenvalue weighted by Crippen LogP contribution is 2.21. The number of hydrogen-bond donors (Lipinski definition) is 1. The molecule has 0 radical (unpaired) electrons. The molecule has 0 aliphatic carbocycles. The number of ether oxygens (including phenoxy) is 1. The minimum Gasteiger partial charge on any atom is -0.444 e. The third kappa shape index (κ3) is 4.01. The molecule has 1 heterocycles. The van der Waals surface area contributed by atoms with Crippen LogP contribution in [0.5, 0.6) is 0 Å². The molecule has 0 atom stereocenters. The number of anilines is 1. The molecule has 20 heavy (non-hydrogen) atoms. The summed E-state index contributed by atoms with van der Waals surface area (Å²) in [5.41, 5.74) is 1.94. The molecular formula is C15H21IN2O2. The predicted octanol–water partition coefficient (Wildman–Crippen LogP) is 3.63. The van der Waals surface area contributed by atoms with E-state index in [1.54, 1.807) is 4.90 Å². The first kappa shape index (κ1) is 15.4. The van der Waals surface area contributed by atoms with Gasteiger partial charge in [0.05, 0.1) is 6.04 Å². The van der Waals surface area contributed by atoms with Gasteiger partial charge in [0.1, 0.15) is 5.60 Å². The van der Waals surface area contributed by atoms with Gasteiger partial charge < -0.3 is 15.0 Å². The summed E-state index contributed by atoms with van der Waals surface area (Å²) in [6.45, 7) is 9.14. The van der Waals surface area contributed by atoms with Crippen molar-refractivity contribution in [2.75, 3.05) is 18.4 Å². The number of halogens is 1. The Balaban J connectivity index is 1.82. The summed E-state index contributed by atoms with van der Waals surface area (Å²) in [7, 11) is 0.